The number of hydrogen-bond donors (Lipinski definition) is 1. The highest BCUT2D eigenvalue weighted by Crippen LogP contribution is 2.20. The van der Waals surface area contributed by atoms with Gasteiger partial charge in [-0.3, -0.25) is 4.79 Å². The first-order valence-corrected chi connectivity index (χ1v) is 12.3. The number of morpholine rings is 1. The molecular weight excluding hydrogens is 460 g/mol. The van der Waals surface area contributed by atoms with E-state index in [9.17, 15) is 13.2 Å². The van der Waals surface area contributed by atoms with E-state index in [4.69, 9.17) is 14.0 Å². The van der Waals surface area contributed by atoms with Crippen LogP contribution in [0.2, 0.25) is 0 Å². The number of carbonyl (C=O) groups excluding carboxylic acids is 1. The Labute approximate surface area is 197 Å². The Morgan fingerprint density at radius 2 is 1.79 bits per heavy atom. The molecule has 1 amide bonds. The molecule has 180 valence electrons. The van der Waals surface area contributed by atoms with Gasteiger partial charge >= 0.3 is 0 Å². The molecule has 0 unspecified atom stereocenters. The zero-order valence-electron chi connectivity index (χ0n) is 18.8. The summed E-state index contributed by atoms with van der Waals surface area (Å²) in [6.45, 7) is 1.78. The molecule has 1 aliphatic heterocycles. The molecule has 2 aromatic carbocycles. The van der Waals surface area contributed by atoms with Gasteiger partial charge in [-0.15, -0.1) is 0 Å². The van der Waals surface area contributed by atoms with Gasteiger partial charge in [0.25, 0.3) is 0 Å². The highest BCUT2D eigenvalue weighted by Gasteiger charge is 2.26. The third-order valence-corrected chi connectivity index (χ3v) is 7.32. The van der Waals surface area contributed by atoms with Crippen LogP contribution in [-0.2, 0) is 32.5 Å². The average Bonchev–Trinajstić information content (AvgIpc) is 3.36. The fourth-order valence-corrected chi connectivity index (χ4v) is 4.85. The van der Waals surface area contributed by atoms with E-state index >= 15 is 0 Å². The van der Waals surface area contributed by atoms with Gasteiger partial charge in [0.2, 0.25) is 27.6 Å². The Morgan fingerprint density at radius 3 is 2.47 bits per heavy atom. The van der Waals surface area contributed by atoms with Crippen LogP contribution in [0.15, 0.2) is 57.9 Å². The summed E-state index contributed by atoms with van der Waals surface area (Å²) in [7, 11) is -1.94. The van der Waals surface area contributed by atoms with Gasteiger partial charge in [0.05, 0.1) is 25.2 Å². The van der Waals surface area contributed by atoms with Gasteiger partial charge in [0.15, 0.2) is 0 Å². The molecule has 2 heterocycles. The summed E-state index contributed by atoms with van der Waals surface area (Å²) in [5.74, 6) is 1.38. The zero-order chi connectivity index (χ0) is 24.0. The molecule has 10 nitrogen and oxygen atoms in total. The van der Waals surface area contributed by atoms with Crippen LogP contribution in [0.5, 0.6) is 5.75 Å². The second kappa shape index (κ2) is 10.8. The number of sulfonamides is 1. The van der Waals surface area contributed by atoms with Crippen molar-refractivity contribution in [2.24, 2.45) is 0 Å². The van der Waals surface area contributed by atoms with Crippen molar-refractivity contribution in [3.63, 3.8) is 0 Å². The van der Waals surface area contributed by atoms with Crippen molar-refractivity contribution in [1.82, 2.24) is 19.8 Å². The van der Waals surface area contributed by atoms with Crippen LogP contribution < -0.4 is 10.1 Å². The highest BCUT2D eigenvalue weighted by atomic mass is 32.2. The first kappa shape index (κ1) is 23.9. The van der Waals surface area contributed by atoms with Gasteiger partial charge in [0.1, 0.15) is 5.75 Å². The van der Waals surface area contributed by atoms with Crippen molar-refractivity contribution in [2.45, 2.75) is 24.3 Å². The number of aromatic nitrogens is 2. The molecule has 1 fully saturated rings. The Kier molecular flexibility index (Phi) is 7.56. The minimum absolute atomic E-state index is 0.172. The van der Waals surface area contributed by atoms with Crippen molar-refractivity contribution >= 4 is 15.9 Å². The Bertz CT molecular complexity index is 1200. The van der Waals surface area contributed by atoms with Crippen LogP contribution in [-0.4, -0.2) is 62.2 Å². The van der Waals surface area contributed by atoms with Crippen LogP contribution in [0.25, 0.3) is 11.4 Å². The number of ether oxygens (including phenoxy) is 2. The van der Waals surface area contributed by atoms with Crippen LogP contribution in [0.3, 0.4) is 0 Å². The highest BCUT2D eigenvalue weighted by molar-refractivity contribution is 7.89. The maximum atomic E-state index is 12.7. The summed E-state index contributed by atoms with van der Waals surface area (Å²) in [6.07, 6.45) is 0.499. The second-order valence-corrected chi connectivity index (χ2v) is 9.62. The lowest BCUT2D eigenvalue weighted by atomic mass is 10.2. The standard InChI is InChI=1S/C23H26N4O6S/c1-31-19-6-4-18(5-7-19)23-25-22(33-26-23)11-10-21(28)24-16-17-2-8-20(9-3-17)34(29,30)27-12-14-32-15-13-27/h2-9H,10-16H2,1H3,(H,24,28). The number of hydrogen-bond acceptors (Lipinski definition) is 8. The average molecular weight is 487 g/mol. The SMILES string of the molecule is COc1ccc(-c2noc(CCC(=O)NCc3ccc(S(=O)(=O)N4CCOCC4)cc3)n2)cc1. The predicted octanol–water partition coefficient (Wildman–Crippen LogP) is 2.02. The molecule has 0 radical (unpaired) electrons. The summed E-state index contributed by atoms with van der Waals surface area (Å²) in [6, 6.07) is 13.8. The van der Waals surface area contributed by atoms with E-state index < -0.39 is 10.0 Å². The second-order valence-electron chi connectivity index (χ2n) is 7.68. The molecule has 34 heavy (non-hydrogen) atoms. The Hall–Kier alpha value is -3.28. The fraction of sp³-hybridized carbons (Fsp3) is 0.348. The summed E-state index contributed by atoms with van der Waals surface area (Å²) in [5.41, 5.74) is 1.59. The molecule has 1 aliphatic rings. The van der Waals surface area contributed by atoms with Gasteiger partial charge < -0.3 is 19.3 Å². The molecule has 0 aliphatic carbocycles. The normalized spacial score (nSPS) is 14.6. The minimum atomic E-state index is -3.53. The van der Waals surface area contributed by atoms with Crippen LogP contribution in [0, 0.1) is 0 Å². The Balaban J connectivity index is 1.25. The number of nitrogens with zero attached hydrogens (tertiary/aromatic N) is 3. The molecule has 1 N–H and O–H groups in total. The topological polar surface area (TPSA) is 124 Å². The van der Waals surface area contributed by atoms with E-state index in [2.05, 4.69) is 15.5 Å². The van der Waals surface area contributed by atoms with E-state index in [0.717, 1.165) is 16.9 Å². The monoisotopic (exact) mass is 486 g/mol. The maximum Gasteiger partial charge on any atom is 0.243 e. The van der Waals surface area contributed by atoms with E-state index in [-0.39, 0.29) is 23.8 Å². The Morgan fingerprint density at radius 1 is 1.09 bits per heavy atom. The van der Waals surface area contributed by atoms with E-state index in [0.29, 0.717) is 44.4 Å². The number of methoxy groups -OCH3 is 1. The molecule has 3 aromatic rings. The first-order chi connectivity index (χ1) is 16.5. The summed E-state index contributed by atoms with van der Waals surface area (Å²) < 4.78 is 42.4. The van der Waals surface area contributed by atoms with Crippen LogP contribution in [0.4, 0.5) is 0 Å². The molecule has 1 saturated heterocycles. The summed E-state index contributed by atoms with van der Waals surface area (Å²) in [5, 5.41) is 6.78. The van der Waals surface area contributed by atoms with Crippen molar-refractivity contribution in [1.29, 1.82) is 0 Å². The number of amides is 1. The van der Waals surface area contributed by atoms with Crippen molar-refractivity contribution in [3.8, 4) is 17.1 Å². The minimum Gasteiger partial charge on any atom is -0.497 e. The number of aryl methyl sites for hydroxylation is 1. The largest absolute Gasteiger partial charge is 0.497 e. The van der Waals surface area contributed by atoms with Gasteiger partial charge in [-0.1, -0.05) is 17.3 Å². The van der Waals surface area contributed by atoms with Gasteiger partial charge in [0, 0.05) is 38.0 Å². The van der Waals surface area contributed by atoms with E-state index in [1.54, 1.807) is 31.4 Å². The molecule has 0 spiro atoms. The molecule has 0 atom stereocenters. The predicted molar refractivity (Wildman–Crippen MR) is 122 cm³/mol. The van der Waals surface area contributed by atoms with Crippen molar-refractivity contribution < 1.29 is 27.2 Å². The zero-order valence-corrected chi connectivity index (χ0v) is 19.6. The van der Waals surface area contributed by atoms with E-state index in [1.165, 1.54) is 4.31 Å². The number of benzene rings is 2. The molecule has 1 aromatic heterocycles. The van der Waals surface area contributed by atoms with Gasteiger partial charge in [-0.25, -0.2) is 8.42 Å². The molecular formula is C23H26N4O6S. The van der Waals surface area contributed by atoms with Gasteiger partial charge in [-0.05, 0) is 42.0 Å². The smallest absolute Gasteiger partial charge is 0.243 e. The van der Waals surface area contributed by atoms with E-state index in [1.807, 2.05) is 24.3 Å². The molecule has 4 rings (SSSR count). The molecule has 11 heteroatoms. The van der Waals surface area contributed by atoms with Crippen LogP contribution >= 0.6 is 0 Å². The number of carbonyl (C=O) groups is 1. The number of nitrogens with one attached hydrogen (secondary N) is 1. The fourth-order valence-electron chi connectivity index (χ4n) is 3.44. The third kappa shape index (κ3) is 5.79. The first-order valence-electron chi connectivity index (χ1n) is 10.9. The number of rotatable bonds is 9. The molecule has 0 saturated carbocycles. The summed E-state index contributed by atoms with van der Waals surface area (Å²) >= 11 is 0. The summed E-state index contributed by atoms with van der Waals surface area (Å²) in [4.78, 5) is 16.8. The van der Waals surface area contributed by atoms with Crippen molar-refractivity contribution in [2.75, 3.05) is 33.4 Å². The lowest BCUT2D eigenvalue weighted by Crippen LogP contribution is -2.40. The maximum absolute atomic E-state index is 12.7. The van der Waals surface area contributed by atoms with Gasteiger partial charge in [-0.2, -0.15) is 9.29 Å². The third-order valence-electron chi connectivity index (χ3n) is 5.40. The molecule has 0 bridgehead atoms. The van der Waals surface area contributed by atoms with Crippen molar-refractivity contribution in [3.05, 3.63) is 60.0 Å². The quantitative estimate of drug-likeness (QED) is 0.487. The lowest BCUT2D eigenvalue weighted by Gasteiger charge is -2.26. The van der Waals surface area contributed by atoms with Crippen LogP contribution in [0.1, 0.15) is 17.9 Å². The lowest BCUT2D eigenvalue weighted by molar-refractivity contribution is -0.121.